The molecule has 0 heterocycles. The van der Waals surface area contributed by atoms with E-state index in [1.54, 1.807) is 24.3 Å². The highest BCUT2D eigenvalue weighted by Crippen LogP contribution is 2.26. The number of nitrogens with zero attached hydrogens (tertiary/aromatic N) is 1. The van der Waals surface area contributed by atoms with Crippen LogP contribution in [0, 0.1) is 11.3 Å². The average molecular weight is 244 g/mol. The van der Waals surface area contributed by atoms with Gasteiger partial charge in [0, 0.05) is 10.7 Å². The Hall–Kier alpha value is -2.18. The van der Waals surface area contributed by atoms with Gasteiger partial charge in [-0.2, -0.15) is 5.26 Å². The number of para-hydroxylation sites is 1. The number of nitrogen functional groups attached to an aromatic ring is 1. The lowest BCUT2D eigenvalue weighted by atomic mass is 10.1. The van der Waals surface area contributed by atoms with Gasteiger partial charge in [-0.15, -0.1) is 0 Å². The van der Waals surface area contributed by atoms with E-state index >= 15 is 0 Å². The Morgan fingerprint density at radius 1 is 1.12 bits per heavy atom. The highest BCUT2D eigenvalue weighted by molar-refractivity contribution is 6.30. The lowest BCUT2D eigenvalue weighted by Gasteiger charge is -2.10. The highest BCUT2D eigenvalue weighted by atomic mass is 35.5. The minimum absolute atomic E-state index is 0.449. The number of hydrogen-bond acceptors (Lipinski definition) is 3. The minimum Gasteiger partial charge on any atom is -0.396 e. The van der Waals surface area contributed by atoms with Crippen LogP contribution in [0.25, 0.3) is 0 Å². The third-order valence-electron chi connectivity index (χ3n) is 2.35. The second-order valence-electron chi connectivity index (χ2n) is 3.51. The molecule has 0 bridgehead atoms. The van der Waals surface area contributed by atoms with Crippen LogP contribution in [0.1, 0.15) is 5.56 Å². The molecule has 0 spiro atoms. The van der Waals surface area contributed by atoms with Gasteiger partial charge in [0.1, 0.15) is 6.07 Å². The van der Waals surface area contributed by atoms with E-state index in [4.69, 9.17) is 22.6 Å². The maximum atomic E-state index is 8.87. The molecule has 0 aliphatic carbocycles. The summed E-state index contributed by atoms with van der Waals surface area (Å²) in [5.41, 5.74) is 8.36. The molecule has 3 nitrogen and oxygen atoms in total. The third-order valence-corrected chi connectivity index (χ3v) is 2.60. The first kappa shape index (κ1) is 11.3. The number of benzene rings is 2. The van der Waals surface area contributed by atoms with Gasteiger partial charge in [0.05, 0.1) is 16.9 Å². The molecule has 0 saturated heterocycles. The van der Waals surface area contributed by atoms with E-state index in [0.717, 1.165) is 5.69 Å². The van der Waals surface area contributed by atoms with Crippen LogP contribution in [0.5, 0.6) is 0 Å². The number of hydrogen-bond donors (Lipinski definition) is 2. The Morgan fingerprint density at radius 2 is 1.82 bits per heavy atom. The summed E-state index contributed by atoms with van der Waals surface area (Å²) in [6.07, 6.45) is 0. The van der Waals surface area contributed by atoms with Crippen molar-refractivity contribution < 1.29 is 0 Å². The Bertz CT molecular complexity index is 570. The molecule has 0 fully saturated rings. The molecule has 0 amide bonds. The molecular weight excluding hydrogens is 234 g/mol. The van der Waals surface area contributed by atoms with Crippen molar-refractivity contribution in [1.82, 2.24) is 0 Å². The Labute approximate surface area is 104 Å². The van der Waals surface area contributed by atoms with Crippen molar-refractivity contribution in [2.45, 2.75) is 0 Å². The number of rotatable bonds is 2. The van der Waals surface area contributed by atoms with E-state index in [2.05, 4.69) is 5.32 Å². The number of nitrogens with two attached hydrogens (primary N) is 1. The molecule has 4 heteroatoms. The molecule has 84 valence electrons. The predicted molar refractivity (Wildman–Crippen MR) is 70.3 cm³/mol. The van der Waals surface area contributed by atoms with Crippen molar-refractivity contribution in [3.05, 3.63) is 53.1 Å². The molecule has 3 N–H and O–H groups in total. The summed E-state index contributed by atoms with van der Waals surface area (Å²) in [6, 6.07) is 14.6. The van der Waals surface area contributed by atoms with E-state index in [1.807, 2.05) is 24.3 Å². The Morgan fingerprint density at radius 3 is 2.47 bits per heavy atom. The van der Waals surface area contributed by atoms with Crippen LogP contribution in [0.4, 0.5) is 17.1 Å². The summed E-state index contributed by atoms with van der Waals surface area (Å²) in [5.74, 6) is 0. The molecule has 2 aromatic rings. The van der Waals surface area contributed by atoms with Crippen LogP contribution in [-0.2, 0) is 0 Å². The zero-order valence-electron chi connectivity index (χ0n) is 8.94. The summed E-state index contributed by atoms with van der Waals surface area (Å²) in [7, 11) is 0. The van der Waals surface area contributed by atoms with Gasteiger partial charge in [-0.1, -0.05) is 17.7 Å². The van der Waals surface area contributed by atoms with Crippen LogP contribution >= 0.6 is 11.6 Å². The average Bonchev–Trinajstić information content (AvgIpc) is 2.35. The van der Waals surface area contributed by atoms with Crippen LogP contribution in [0.2, 0.25) is 5.02 Å². The largest absolute Gasteiger partial charge is 0.396 e. The Kier molecular flexibility index (Phi) is 3.17. The van der Waals surface area contributed by atoms with E-state index in [-0.39, 0.29) is 0 Å². The predicted octanol–water partition coefficient (Wildman–Crippen LogP) is 3.54. The Balaban J connectivity index is 2.31. The van der Waals surface area contributed by atoms with Gasteiger partial charge in [-0.05, 0) is 36.4 Å². The zero-order valence-corrected chi connectivity index (χ0v) is 9.70. The number of halogens is 1. The van der Waals surface area contributed by atoms with Gasteiger partial charge in [0.2, 0.25) is 0 Å². The molecule has 0 saturated carbocycles. The molecule has 0 aliphatic heterocycles. The summed E-state index contributed by atoms with van der Waals surface area (Å²) in [6.45, 7) is 0. The van der Waals surface area contributed by atoms with Crippen molar-refractivity contribution >= 4 is 28.7 Å². The van der Waals surface area contributed by atoms with E-state index in [0.29, 0.717) is 22.0 Å². The number of anilines is 3. The normalized spacial score (nSPS) is 9.65. The molecule has 0 aliphatic rings. The third kappa shape index (κ3) is 2.49. The number of nitrogens with one attached hydrogen (secondary N) is 1. The second kappa shape index (κ2) is 4.77. The van der Waals surface area contributed by atoms with Gasteiger partial charge >= 0.3 is 0 Å². The summed E-state index contributed by atoms with van der Waals surface area (Å²) in [4.78, 5) is 0. The fraction of sp³-hybridized carbons (Fsp3) is 0. The van der Waals surface area contributed by atoms with Crippen molar-refractivity contribution in [3.63, 3.8) is 0 Å². The first-order valence-corrected chi connectivity index (χ1v) is 5.39. The van der Waals surface area contributed by atoms with Crippen molar-refractivity contribution in [2.24, 2.45) is 0 Å². The van der Waals surface area contributed by atoms with Gasteiger partial charge in [-0.25, -0.2) is 0 Å². The zero-order chi connectivity index (χ0) is 12.3. The molecule has 0 unspecified atom stereocenters. The van der Waals surface area contributed by atoms with Gasteiger partial charge < -0.3 is 11.1 Å². The monoisotopic (exact) mass is 243 g/mol. The fourth-order valence-corrected chi connectivity index (χ4v) is 1.59. The van der Waals surface area contributed by atoms with Gasteiger partial charge in [0.25, 0.3) is 0 Å². The molecule has 0 atom stereocenters. The smallest absolute Gasteiger partial charge is 0.101 e. The van der Waals surface area contributed by atoms with Crippen molar-refractivity contribution in [2.75, 3.05) is 11.1 Å². The van der Waals surface area contributed by atoms with E-state index in [1.165, 1.54) is 0 Å². The highest BCUT2D eigenvalue weighted by Gasteiger charge is 2.04. The number of nitriles is 1. The molecule has 2 rings (SSSR count). The molecule has 17 heavy (non-hydrogen) atoms. The van der Waals surface area contributed by atoms with Crippen molar-refractivity contribution in [3.8, 4) is 6.07 Å². The van der Waals surface area contributed by atoms with Crippen LogP contribution in [-0.4, -0.2) is 0 Å². The quantitative estimate of drug-likeness (QED) is 0.793. The molecule has 0 radical (unpaired) electrons. The molecular formula is C13H10ClN3. The fourth-order valence-electron chi connectivity index (χ4n) is 1.46. The summed E-state index contributed by atoms with van der Waals surface area (Å²) >= 11 is 5.80. The van der Waals surface area contributed by atoms with Gasteiger partial charge in [-0.3, -0.25) is 0 Å². The van der Waals surface area contributed by atoms with Crippen molar-refractivity contribution in [1.29, 1.82) is 5.26 Å². The first-order valence-electron chi connectivity index (χ1n) is 5.02. The van der Waals surface area contributed by atoms with E-state index in [9.17, 15) is 0 Å². The van der Waals surface area contributed by atoms with Crippen LogP contribution < -0.4 is 11.1 Å². The minimum atomic E-state index is 0.449. The standard InChI is InChI=1S/C13H10ClN3/c14-10-4-6-11(7-5-10)17-12-3-1-2-9(8-15)13(12)16/h1-7,17H,16H2. The van der Waals surface area contributed by atoms with Crippen LogP contribution in [0.15, 0.2) is 42.5 Å². The topological polar surface area (TPSA) is 61.8 Å². The summed E-state index contributed by atoms with van der Waals surface area (Å²) < 4.78 is 0. The second-order valence-corrected chi connectivity index (χ2v) is 3.95. The lowest BCUT2D eigenvalue weighted by Crippen LogP contribution is -1.98. The van der Waals surface area contributed by atoms with Crippen LogP contribution in [0.3, 0.4) is 0 Å². The first-order chi connectivity index (χ1) is 8.20. The summed E-state index contributed by atoms with van der Waals surface area (Å²) in [5, 5.41) is 12.7. The lowest BCUT2D eigenvalue weighted by molar-refractivity contribution is 1.47. The SMILES string of the molecule is N#Cc1cccc(Nc2ccc(Cl)cc2)c1N. The van der Waals surface area contributed by atoms with E-state index < -0.39 is 0 Å². The molecule has 0 aromatic heterocycles. The van der Waals surface area contributed by atoms with Gasteiger partial charge in [0.15, 0.2) is 0 Å². The maximum absolute atomic E-state index is 8.87. The molecule has 2 aromatic carbocycles. The maximum Gasteiger partial charge on any atom is 0.101 e.